The minimum Gasteiger partial charge on any atom is -0.495 e. The van der Waals surface area contributed by atoms with Crippen LogP contribution in [0.15, 0.2) is 41.4 Å². The maximum atomic E-state index is 12.6. The van der Waals surface area contributed by atoms with Gasteiger partial charge in [-0.15, -0.1) is 0 Å². The number of hydrogen-bond donors (Lipinski definition) is 1. The molecule has 2 aromatic rings. The van der Waals surface area contributed by atoms with Crippen molar-refractivity contribution in [2.45, 2.75) is 31.6 Å². The quantitative estimate of drug-likeness (QED) is 0.917. The smallest absolute Gasteiger partial charge is 0.265 e. The Morgan fingerprint density at radius 2 is 1.91 bits per heavy atom. The van der Waals surface area contributed by atoms with Crippen molar-refractivity contribution < 1.29 is 13.2 Å². The van der Waals surface area contributed by atoms with Crippen LogP contribution in [0.4, 0.5) is 5.69 Å². The molecule has 0 aliphatic heterocycles. The number of rotatable bonds is 5. The van der Waals surface area contributed by atoms with E-state index in [0.29, 0.717) is 17.4 Å². The van der Waals surface area contributed by atoms with Gasteiger partial charge < -0.3 is 4.74 Å². The number of hydrogen-bond acceptors (Lipinski definition) is 4. The van der Waals surface area contributed by atoms with Crippen molar-refractivity contribution in [3.63, 3.8) is 0 Å². The monoisotopic (exact) mass is 320 g/mol. The normalized spacial score (nSPS) is 11.5. The fraction of sp³-hybridized carbons (Fsp3) is 0.312. The van der Waals surface area contributed by atoms with Gasteiger partial charge in [0.1, 0.15) is 10.6 Å². The molecule has 1 aromatic heterocycles. The minimum absolute atomic E-state index is 0.119. The van der Waals surface area contributed by atoms with Crippen LogP contribution in [0.3, 0.4) is 0 Å². The van der Waals surface area contributed by atoms with Gasteiger partial charge in [0, 0.05) is 11.9 Å². The molecule has 1 aromatic carbocycles. The van der Waals surface area contributed by atoms with Crippen LogP contribution in [0.2, 0.25) is 0 Å². The number of aryl methyl sites for hydroxylation is 1. The molecule has 0 saturated carbocycles. The van der Waals surface area contributed by atoms with Gasteiger partial charge in [-0.05, 0) is 42.7 Å². The van der Waals surface area contributed by atoms with Gasteiger partial charge in [-0.1, -0.05) is 19.9 Å². The summed E-state index contributed by atoms with van der Waals surface area (Å²) >= 11 is 0. The molecule has 1 N–H and O–H groups in total. The Morgan fingerprint density at radius 1 is 1.18 bits per heavy atom. The molecule has 0 amide bonds. The van der Waals surface area contributed by atoms with E-state index in [4.69, 9.17) is 4.74 Å². The Bertz CT molecular complexity index is 771. The second-order valence-corrected chi connectivity index (χ2v) is 7.01. The third-order valence-electron chi connectivity index (χ3n) is 3.29. The maximum Gasteiger partial charge on any atom is 0.265 e. The predicted octanol–water partition coefficient (Wildman–Crippen LogP) is 3.32. The van der Waals surface area contributed by atoms with Gasteiger partial charge in [-0.2, -0.15) is 0 Å². The van der Waals surface area contributed by atoms with E-state index in [-0.39, 0.29) is 4.90 Å². The third-order valence-corrected chi connectivity index (χ3v) is 4.71. The van der Waals surface area contributed by atoms with Crippen LogP contribution in [0, 0.1) is 6.92 Å². The van der Waals surface area contributed by atoms with Crippen molar-refractivity contribution in [1.82, 2.24) is 4.98 Å². The first-order chi connectivity index (χ1) is 10.3. The number of pyridine rings is 1. The number of nitrogens with zero attached hydrogens (tertiary/aromatic N) is 1. The van der Waals surface area contributed by atoms with Crippen molar-refractivity contribution in [1.29, 1.82) is 0 Å². The molecule has 0 spiro atoms. The zero-order chi connectivity index (χ0) is 16.3. The van der Waals surface area contributed by atoms with Crippen molar-refractivity contribution in [2.75, 3.05) is 11.8 Å². The molecular formula is C16H20N2O3S. The molecule has 0 atom stereocenters. The highest BCUT2D eigenvalue weighted by molar-refractivity contribution is 7.92. The van der Waals surface area contributed by atoms with E-state index in [9.17, 15) is 8.42 Å². The molecule has 0 bridgehead atoms. The molecule has 5 nitrogen and oxygen atoms in total. The van der Waals surface area contributed by atoms with Crippen LogP contribution < -0.4 is 9.46 Å². The fourth-order valence-electron chi connectivity index (χ4n) is 2.08. The Kier molecular flexibility index (Phi) is 4.71. The topological polar surface area (TPSA) is 68.3 Å². The standard InChI is InChI=1S/C16H20N2O3S/c1-11(2)13-5-6-16(15(10-13)21-4)22(19,20)18-14-7-8-17-12(3)9-14/h5-11H,1-4H3,(H,17,18). The van der Waals surface area contributed by atoms with E-state index < -0.39 is 10.0 Å². The summed E-state index contributed by atoms with van der Waals surface area (Å²) in [6.45, 7) is 5.89. The Balaban J connectivity index is 2.41. The van der Waals surface area contributed by atoms with Crippen molar-refractivity contribution in [3.8, 4) is 5.75 Å². The molecular weight excluding hydrogens is 300 g/mol. The number of methoxy groups -OCH3 is 1. The molecule has 0 aliphatic carbocycles. The second kappa shape index (κ2) is 6.36. The van der Waals surface area contributed by atoms with E-state index in [0.717, 1.165) is 11.3 Å². The zero-order valence-electron chi connectivity index (χ0n) is 13.1. The van der Waals surface area contributed by atoms with Crippen LogP contribution in [-0.2, 0) is 10.0 Å². The van der Waals surface area contributed by atoms with E-state index in [1.807, 2.05) is 13.8 Å². The highest BCUT2D eigenvalue weighted by Gasteiger charge is 2.20. The molecule has 22 heavy (non-hydrogen) atoms. The Morgan fingerprint density at radius 3 is 2.50 bits per heavy atom. The van der Waals surface area contributed by atoms with E-state index in [2.05, 4.69) is 9.71 Å². The minimum atomic E-state index is -3.72. The zero-order valence-corrected chi connectivity index (χ0v) is 13.9. The fourth-order valence-corrected chi connectivity index (χ4v) is 3.29. The van der Waals surface area contributed by atoms with Gasteiger partial charge in [0.05, 0.1) is 12.8 Å². The first-order valence-corrected chi connectivity index (χ1v) is 8.45. The number of anilines is 1. The third kappa shape index (κ3) is 3.57. The summed E-state index contributed by atoms with van der Waals surface area (Å²) in [5, 5.41) is 0. The lowest BCUT2D eigenvalue weighted by Crippen LogP contribution is -2.14. The lowest BCUT2D eigenvalue weighted by atomic mass is 10.0. The van der Waals surface area contributed by atoms with Crippen LogP contribution in [0.1, 0.15) is 31.0 Å². The van der Waals surface area contributed by atoms with Crippen LogP contribution in [-0.4, -0.2) is 20.5 Å². The molecule has 6 heteroatoms. The molecule has 118 valence electrons. The van der Waals surface area contributed by atoms with Gasteiger partial charge in [0.2, 0.25) is 0 Å². The summed E-state index contributed by atoms with van der Waals surface area (Å²) in [6, 6.07) is 8.42. The van der Waals surface area contributed by atoms with Crippen LogP contribution >= 0.6 is 0 Å². The predicted molar refractivity (Wildman–Crippen MR) is 86.9 cm³/mol. The second-order valence-electron chi connectivity index (χ2n) is 5.36. The lowest BCUT2D eigenvalue weighted by molar-refractivity contribution is 0.402. The van der Waals surface area contributed by atoms with Gasteiger partial charge in [0.15, 0.2) is 0 Å². The van der Waals surface area contributed by atoms with Gasteiger partial charge in [-0.3, -0.25) is 9.71 Å². The number of benzene rings is 1. The average molecular weight is 320 g/mol. The van der Waals surface area contributed by atoms with Crippen molar-refractivity contribution >= 4 is 15.7 Å². The summed E-state index contributed by atoms with van der Waals surface area (Å²) in [5.41, 5.74) is 2.24. The van der Waals surface area contributed by atoms with E-state index >= 15 is 0 Å². The number of nitrogens with one attached hydrogen (secondary N) is 1. The van der Waals surface area contributed by atoms with Crippen molar-refractivity contribution in [3.05, 3.63) is 47.8 Å². The molecule has 0 aliphatic rings. The Labute approximate surface area is 131 Å². The van der Waals surface area contributed by atoms with Gasteiger partial charge in [0.25, 0.3) is 10.0 Å². The number of aromatic nitrogens is 1. The molecule has 2 rings (SSSR count). The summed E-state index contributed by atoms with van der Waals surface area (Å²) in [6.07, 6.45) is 1.56. The molecule has 0 fully saturated rings. The van der Waals surface area contributed by atoms with E-state index in [1.165, 1.54) is 7.11 Å². The van der Waals surface area contributed by atoms with Crippen LogP contribution in [0.5, 0.6) is 5.75 Å². The van der Waals surface area contributed by atoms with Crippen LogP contribution in [0.25, 0.3) is 0 Å². The summed E-state index contributed by atoms with van der Waals surface area (Å²) < 4.78 is 32.9. The maximum absolute atomic E-state index is 12.6. The molecule has 0 radical (unpaired) electrons. The van der Waals surface area contributed by atoms with Gasteiger partial charge >= 0.3 is 0 Å². The number of sulfonamides is 1. The highest BCUT2D eigenvalue weighted by Crippen LogP contribution is 2.29. The first-order valence-electron chi connectivity index (χ1n) is 6.97. The molecule has 0 saturated heterocycles. The van der Waals surface area contributed by atoms with Crippen molar-refractivity contribution in [2.24, 2.45) is 0 Å². The van der Waals surface area contributed by atoms with E-state index in [1.54, 1.807) is 43.5 Å². The molecule has 0 unspecified atom stereocenters. The summed E-state index contributed by atoms with van der Waals surface area (Å²) in [5.74, 6) is 0.630. The Hall–Kier alpha value is -2.08. The lowest BCUT2D eigenvalue weighted by Gasteiger charge is -2.14. The van der Waals surface area contributed by atoms with Gasteiger partial charge in [-0.25, -0.2) is 8.42 Å². The SMILES string of the molecule is COc1cc(C(C)C)ccc1S(=O)(=O)Nc1ccnc(C)c1. The summed E-state index contributed by atoms with van der Waals surface area (Å²) in [7, 11) is -2.25. The first kappa shape index (κ1) is 16.3. The largest absolute Gasteiger partial charge is 0.495 e. The summed E-state index contributed by atoms with van der Waals surface area (Å²) in [4.78, 5) is 4.17. The average Bonchev–Trinajstić information content (AvgIpc) is 2.46. The molecule has 1 heterocycles. The highest BCUT2D eigenvalue weighted by atomic mass is 32.2. The number of ether oxygens (including phenoxy) is 1.